The third kappa shape index (κ3) is 5.10. The molecule has 8 atom stereocenters. The number of hydrogen-bond acceptors (Lipinski definition) is 5. The molecule has 3 N–H and O–H groups in total. The van der Waals surface area contributed by atoms with Gasteiger partial charge >= 0.3 is 0 Å². The van der Waals surface area contributed by atoms with Gasteiger partial charge in [0.15, 0.2) is 0 Å². The van der Waals surface area contributed by atoms with Crippen LogP contribution in [0.1, 0.15) is 78.5 Å². The fraction of sp³-hybridized carbons (Fsp3) is 0.289. The quantitative estimate of drug-likeness (QED) is 0.187. The maximum atomic E-state index is 6.88. The van der Waals surface area contributed by atoms with Gasteiger partial charge in [0, 0.05) is 46.3 Å². The van der Waals surface area contributed by atoms with Crippen molar-refractivity contribution in [3.8, 4) is 16.9 Å². The Morgan fingerprint density at radius 3 is 2.28 bits per heavy atom. The highest BCUT2D eigenvalue weighted by Crippen LogP contribution is 2.57. The molecule has 3 aliphatic carbocycles. The first-order valence-corrected chi connectivity index (χ1v) is 18.6. The second-order valence-electron chi connectivity index (χ2n) is 14.7. The van der Waals surface area contributed by atoms with Gasteiger partial charge in [-0.1, -0.05) is 121 Å². The SMILES string of the molecule is C1=CC2c3c(ccc4c3OC3CC=CCC43)N(c3ccc(-c4ccccc4)cc3C3NC(c4ccccc4)NC(C4CC=CCC4)N3)C2C=C1. The molecule has 5 nitrogen and oxygen atoms in total. The molecule has 50 heavy (non-hydrogen) atoms. The summed E-state index contributed by atoms with van der Waals surface area (Å²) < 4.78 is 6.88. The van der Waals surface area contributed by atoms with E-state index in [4.69, 9.17) is 4.74 Å². The average molecular weight is 657 g/mol. The van der Waals surface area contributed by atoms with Crippen LogP contribution in [0.25, 0.3) is 11.1 Å². The zero-order chi connectivity index (χ0) is 33.0. The highest BCUT2D eigenvalue weighted by atomic mass is 16.5. The number of allylic oxidation sites excluding steroid dienone is 5. The molecule has 250 valence electrons. The van der Waals surface area contributed by atoms with E-state index >= 15 is 0 Å². The summed E-state index contributed by atoms with van der Waals surface area (Å²) in [6.45, 7) is 0. The second-order valence-corrected chi connectivity index (χ2v) is 14.7. The lowest BCUT2D eigenvalue weighted by Crippen LogP contribution is -2.61. The first-order chi connectivity index (χ1) is 24.8. The van der Waals surface area contributed by atoms with Gasteiger partial charge in [0.25, 0.3) is 0 Å². The number of fused-ring (bicyclic) bond motifs is 7. The Kier molecular flexibility index (Phi) is 7.59. The van der Waals surface area contributed by atoms with E-state index < -0.39 is 0 Å². The maximum Gasteiger partial charge on any atom is 0.129 e. The predicted octanol–water partition coefficient (Wildman–Crippen LogP) is 9.44. The van der Waals surface area contributed by atoms with E-state index in [1.165, 1.54) is 51.2 Å². The van der Waals surface area contributed by atoms with Crippen LogP contribution < -0.4 is 25.6 Å². The van der Waals surface area contributed by atoms with Gasteiger partial charge in [-0.3, -0.25) is 16.0 Å². The zero-order valence-electron chi connectivity index (χ0n) is 28.3. The maximum absolute atomic E-state index is 6.88. The second kappa shape index (κ2) is 12.6. The van der Waals surface area contributed by atoms with Gasteiger partial charge in [-0.15, -0.1) is 0 Å². The highest BCUT2D eigenvalue weighted by molar-refractivity contribution is 5.82. The van der Waals surface area contributed by atoms with Crippen molar-refractivity contribution < 1.29 is 4.74 Å². The Labute approximate surface area is 295 Å². The first kappa shape index (κ1) is 30.2. The summed E-state index contributed by atoms with van der Waals surface area (Å²) in [6, 6.07) is 33.7. The molecule has 0 radical (unpaired) electrons. The van der Waals surface area contributed by atoms with Crippen LogP contribution in [0.3, 0.4) is 0 Å². The molecule has 3 aliphatic heterocycles. The van der Waals surface area contributed by atoms with Gasteiger partial charge in [-0.2, -0.15) is 0 Å². The van der Waals surface area contributed by atoms with E-state index in [2.05, 4.69) is 160 Å². The lowest BCUT2D eigenvalue weighted by atomic mass is 9.84. The number of nitrogens with zero attached hydrogens (tertiary/aromatic N) is 1. The smallest absolute Gasteiger partial charge is 0.129 e. The van der Waals surface area contributed by atoms with Crippen LogP contribution in [0.15, 0.2) is 140 Å². The Balaban J connectivity index is 1.12. The molecule has 0 aromatic heterocycles. The van der Waals surface area contributed by atoms with Crippen LogP contribution >= 0.6 is 0 Å². The highest BCUT2D eigenvalue weighted by Gasteiger charge is 2.46. The molecule has 5 heteroatoms. The Bertz CT molecular complexity index is 2020. The summed E-state index contributed by atoms with van der Waals surface area (Å²) in [5.74, 6) is 2.32. The summed E-state index contributed by atoms with van der Waals surface area (Å²) >= 11 is 0. The molecule has 3 heterocycles. The van der Waals surface area contributed by atoms with Crippen molar-refractivity contribution >= 4 is 11.4 Å². The largest absolute Gasteiger partial charge is 0.489 e. The van der Waals surface area contributed by atoms with Gasteiger partial charge < -0.3 is 9.64 Å². The van der Waals surface area contributed by atoms with Crippen LogP contribution in [-0.2, 0) is 0 Å². The minimum Gasteiger partial charge on any atom is -0.489 e. The van der Waals surface area contributed by atoms with Gasteiger partial charge in [-0.25, -0.2) is 0 Å². The molecule has 6 aliphatic rings. The third-order valence-corrected chi connectivity index (χ3v) is 11.9. The standard InChI is InChI=1S/C45H44N4O/c1-4-14-29(15-5-1)32-24-26-38(36(28-32)45-47-43(30-16-6-2-7-17-30)46-44(48-45)31-18-8-3-9-19-31)49-37-22-12-10-21-35(37)41-39(49)27-25-34-33-20-11-13-23-40(33)50-42(34)41/h1-8,10-17,21-22,24-28,31,33,35,37,40,43-48H,9,18-20,23H2. The van der Waals surface area contributed by atoms with Gasteiger partial charge in [0.05, 0.1) is 24.5 Å². The van der Waals surface area contributed by atoms with Crippen molar-refractivity contribution in [2.45, 2.75) is 74.6 Å². The summed E-state index contributed by atoms with van der Waals surface area (Å²) in [6.07, 6.45) is 24.3. The van der Waals surface area contributed by atoms with Crippen molar-refractivity contribution in [1.82, 2.24) is 16.0 Å². The molecular formula is C45H44N4O. The van der Waals surface area contributed by atoms with E-state index in [-0.39, 0.29) is 36.6 Å². The van der Waals surface area contributed by atoms with Crippen molar-refractivity contribution in [2.24, 2.45) is 5.92 Å². The summed E-state index contributed by atoms with van der Waals surface area (Å²) in [5, 5.41) is 12.1. The monoisotopic (exact) mass is 656 g/mol. The zero-order valence-corrected chi connectivity index (χ0v) is 28.3. The number of rotatable bonds is 5. The third-order valence-electron chi connectivity index (χ3n) is 11.9. The Morgan fingerprint density at radius 1 is 0.640 bits per heavy atom. The number of benzene rings is 4. The van der Waals surface area contributed by atoms with Gasteiger partial charge in [0.1, 0.15) is 11.9 Å². The van der Waals surface area contributed by atoms with Crippen molar-refractivity contribution in [3.63, 3.8) is 0 Å². The Hall–Kier alpha value is -4.68. The van der Waals surface area contributed by atoms with E-state index in [0.29, 0.717) is 11.8 Å². The lowest BCUT2D eigenvalue weighted by Gasteiger charge is -2.44. The Morgan fingerprint density at radius 2 is 1.42 bits per heavy atom. The van der Waals surface area contributed by atoms with Gasteiger partial charge in [0.2, 0.25) is 0 Å². The molecule has 10 rings (SSSR count). The summed E-state index contributed by atoms with van der Waals surface area (Å²) in [4.78, 5) is 2.61. The molecule has 0 amide bonds. The summed E-state index contributed by atoms with van der Waals surface area (Å²) in [7, 11) is 0. The molecule has 4 aromatic carbocycles. The van der Waals surface area contributed by atoms with Gasteiger partial charge in [-0.05, 0) is 66.5 Å². The number of nitrogens with one attached hydrogen (secondary N) is 3. The molecule has 4 aromatic rings. The molecule has 8 unspecified atom stereocenters. The van der Waals surface area contributed by atoms with Crippen LogP contribution in [0.5, 0.6) is 5.75 Å². The fourth-order valence-corrected chi connectivity index (χ4v) is 9.41. The van der Waals surface area contributed by atoms with Crippen LogP contribution in [-0.4, -0.2) is 18.3 Å². The normalized spacial score (nSPS) is 30.4. The van der Waals surface area contributed by atoms with E-state index in [1.807, 2.05) is 0 Å². The van der Waals surface area contributed by atoms with E-state index in [0.717, 1.165) is 31.4 Å². The van der Waals surface area contributed by atoms with E-state index in [1.54, 1.807) is 0 Å². The number of hydrogen-bond donors (Lipinski definition) is 3. The lowest BCUT2D eigenvalue weighted by molar-refractivity contribution is 0.148. The average Bonchev–Trinajstić information content (AvgIpc) is 3.74. The molecular weight excluding hydrogens is 613 g/mol. The summed E-state index contributed by atoms with van der Waals surface area (Å²) in [5.41, 5.74) is 10.2. The van der Waals surface area contributed by atoms with Crippen LogP contribution in [0, 0.1) is 5.92 Å². The predicted molar refractivity (Wildman–Crippen MR) is 202 cm³/mol. The fourth-order valence-electron chi connectivity index (χ4n) is 9.41. The van der Waals surface area contributed by atoms with Crippen LogP contribution in [0.4, 0.5) is 11.4 Å². The van der Waals surface area contributed by atoms with Crippen LogP contribution in [0.2, 0.25) is 0 Å². The minimum atomic E-state index is -0.0822. The van der Waals surface area contributed by atoms with Crippen molar-refractivity contribution in [1.29, 1.82) is 0 Å². The van der Waals surface area contributed by atoms with Crippen molar-refractivity contribution in [3.05, 3.63) is 162 Å². The first-order valence-electron chi connectivity index (χ1n) is 18.6. The number of anilines is 2. The molecule has 0 spiro atoms. The topological polar surface area (TPSA) is 48.6 Å². The number of ether oxygens (including phenoxy) is 1. The molecule has 0 saturated carbocycles. The molecule has 0 bridgehead atoms. The van der Waals surface area contributed by atoms with Crippen molar-refractivity contribution in [2.75, 3.05) is 4.90 Å². The van der Waals surface area contributed by atoms with E-state index in [9.17, 15) is 0 Å². The molecule has 1 saturated heterocycles. The minimum absolute atomic E-state index is 0.0105. The molecule has 1 fully saturated rings.